The molecule has 6 heteroatoms. The number of benzene rings is 1. The van der Waals surface area contributed by atoms with Gasteiger partial charge in [0.2, 0.25) is 5.91 Å². The van der Waals surface area contributed by atoms with Crippen molar-refractivity contribution in [2.45, 2.75) is 44.9 Å². The highest BCUT2D eigenvalue weighted by Crippen LogP contribution is 2.27. The van der Waals surface area contributed by atoms with Gasteiger partial charge in [0.05, 0.1) is 24.0 Å². The summed E-state index contributed by atoms with van der Waals surface area (Å²) in [5, 5.41) is 9.78. The van der Waals surface area contributed by atoms with Crippen molar-refractivity contribution in [1.82, 2.24) is 25.9 Å². The fourth-order valence-electron chi connectivity index (χ4n) is 3.93. The predicted octanol–water partition coefficient (Wildman–Crippen LogP) is 3.05. The van der Waals surface area contributed by atoms with Crippen LogP contribution >= 0.6 is 0 Å². The van der Waals surface area contributed by atoms with E-state index in [1.807, 2.05) is 30.5 Å². The van der Waals surface area contributed by atoms with E-state index in [9.17, 15) is 4.79 Å². The molecule has 0 bridgehead atoms. The maximum absolute atomic E-state index is 12.4. The normalized spacial score (nSPS) is 15.3. The highest BCUT2D eigenvalue weighted by atomic mass is 16.2. The summed E-state index contributed by atoms with van der Waals surface area (Å²) in [6.45, 7) is 2.50. The first-order chi connectivity index (χ1) is 15.3. The van der Waals surface area contributed by atoms with Gasteiger partial charge in [-0.2, -0.15) is 0 Å². The largest absolute Gasteiger partial charge is 0.347 e. The third kappa shape index (κ3) is 6.20. The molecule has 1 aliphatic rings. The van der Waals surface area contributed by atoms with Gasteiger partial charge in [-0.05, 0) is 54.2 Å². The van der Waals surface area contributed by atoms with Crippen molar-refractivity contribution in [2.24, 2.45) is 0 Å². The lowest BCUT2D eigenvalue weighted by atomic mass is 9.92. The summed E-state index contributed by atoms with van der Waals surface area (Å²) < 4.78 is 0. The molecule has 0 fully saturated rings. The van der Waals surface area contributed by atoms with Gasteiger partial charge >= 0.3 is 0 Å². The smallest absolute Gasteiger partial charge is 0.234 e. The number of carbonyl (C=O) groups excluding carboxylic acids is 1. The van der Waals surface area contributed by atoms with Gasteiger partial charge in [-0.1, -0.05) is 36.4 Å². The molecule has 2 aromatic heterocycles. The summed E-state index contributed by atoms with van der Waals surface area (Å²) in [5.41, 5.74) is 5.69. The number of amides is 1. The van der Waals surface area contributed by atoms with Crippen LogP contribution in [0.3, 0.4) is 0 Å². The van der Waals surface area contributed by atoms with Crippen LogP contribution in [0.15, 0.2) is 67.0 Å². The Kier molecular flexibility index (Phi) is 7.37. The second-order valence-corrected chi connectivity index (χ2v) is 7.90. The molecular formula is C25H29N5O. The van der Waals surface area contributed by atoms with Crippen molar-refractivity contribution in [3.63, 3.8) is 0 Å². The lowest BCUT2D eigenvalue weighted by Crippen LogP contribution is -2.37. The van der Waals surface area contributed by atoms with Crippen molar-refractivity contribution in [2.75, 3.05) is 6.54 Å². The fourth-order valence-corrected chi connectivity index (χ4v) is 3.93. The van der Waals surface area contributed by atoms with Crippen molar-refractivity contribution < 1.29 is 4.79 Å². The minimum Gasteiger partial charge on any atom is -0.347 e. The van der Waals surface area contributed by atoms with Gasteiger partial charge in [0, 0.05) is 32.0 Å². The Morgan fingerprint density at radius 1 is 0.871 bits per heavy atom. The zero-order chi connectivity index (χ0) is 21.3. The maximum Gasteiger partial charge on any atom is 0.234 e. The number of pyridine rings is 2. The minimum absolute atomic E-state index is 0.0128. The van der Waals surface area contributed by atoms with Crippen LogP contribution in [0.1, 0.15) is 47.0 Å². The molecule has 1 aliphatic carbocycles. The van der Waals surface area contributed by atoms with Crippen molar-refractivity contribution >= 4 is 5.91 Å². The van der Waals surface area contributed by atoms with Gasteiger partial charge < -0.3 is 16.0 Å². The Balaban J connectivity index is 1.17. The summed E-state index contributed by atoms with van der Waals surface area (Å²) in [5.74, 6) is 0.0128. The van der Waals surface area contributed by atoms with Crippen LogP contribution < -0.4 is 16.0 Å². The highest BCUT2D eigenvalue weighted by Gasteiger charge is 2.22. The lowest BCUT2D eigenvalue weighted by Gasteiger charge is -2.25. The molecule has 0 radical (unpaired) electrons. The average Bonchev–Trinajstić information content (AvgIpc) is 2.81. The molecule has 3 N–H and O–H groups in total. The van der Waals surface area contributed by atoms with Crippen LogP contribution in [0.5, 0.6) is 0 Å². The van der Waals surface area contributed by atoms with Gasteiger partial charge in [-0.3, -0.25) is 14.8 Å². The third-order valence-corrected chi connectivity index (χ3v) is 5.53. The fraction of sp³-hybridized carbons (Fsp3) is 0.320. The average molecular weight is 416 g/mol. The molecule has 1 atom stereocenters. The van der Waals surface area contributed by atoms with Crippen LogP contribution in [0.2, 0.25) is 0 Å². The number of aromatic nitrogens is 2. The van der Waals surface area contributed by atoms with Crippen LogP contribution in [-0.2, 0) is 30.8 Å². The van der Waals surface area contributed by atoms with Crippen molar-refractivity contribution in [1.29, 1.82) is 0 Å². The molecule has 6 nitrogen and oxygen atoms in total. The molecule has 31 heavy (non-hydrogen) atoms. The van der Waals surface area contributed by atoms with E-state index >= 15 is 0 Å². The van der Waals surface area contributed by atoms with Crippen molar-refractivity contribution in [3.8, 4) is 0 Å². The number of nitrogens with zero attached hydrogens (tertiary/aromatic N) is 2. The van der Waals surface area contributed by atoms with E-state index in [1.54, 1.807) is 6.20 Å². The molecule has 0 spiro atoms. The van der Waals surface area contributed by atoms with Gasteiger partial charge in [0.25, 0.3) is 0 Å². The molecule has 0 aliphatic heterocycles. The summed E-state index contributed by atoms with van der Waals surface area (Å²) in [7, 11) is 0. The monoisotopic (exact) mass is 415 g/mol. The first-order valence-electron chi connectivity index (χ1n) is 10.9. The third-order valence-electron chi connectivity index (χ3n) is 5.53. The molecule has 1 unspecified atom stereocenters. The molecule has 3 aromatic rings. The Morgan fingerprint density at radius 3 is 2.42 bits per heavy atom. The van der Waals surface area contributed by atoms with E-state index in [0.717, 1.165) is 49.3 Å². The summed E-state index contributed by atoms with van der Waals surface area (Å²) in [6.07, 6.45) is 6.69. The number of hydrogen-bond acceptors (Lipinski definition) is 5. The molecule has 4 rings (SSSR count). The SMILES string of the molecule is O=C(CNCc1ccc(CNCc2ccccn2)cc1)NC1CCCc2cccnc21. The predicted molar refractivity (Wildman–Crippen MR) is 121 cm³/mol. The highest BCUT2D eigenvalue weighted by molar-refractivity contribution is 5.78. The van der Waals surface area contributed by atoms with E-state index in [1.165, 1.54) is 11.1 Å². The van der Waals surface area contributed by atoms with Gasteiger partial charge in [-0.25, -0.2) is 0 Å². The molecule has 0 saturated heterocycles. The Hall–Kier alpha value is -3.09. The zero-order valence-corrected chi connectivity index (χ0v) is 17.7. The molecule has 2 heterocycles. The number of rotatable bonds is 9. The summed E-state index contributed by atoms with van der Waals surface area (Å²) in [4.78, 5) is 21.2. The zero-order valence-electron chi connectivity index (χ0n) is 17.7. The van der Waals surface area contributed by atoms with Gasteiger partial charge in [-0.15, -0.1) is 0 Å². The molecule has 1 aromatic carbocycles. The number of hydrogen-bond donors (Lipinski definition) is 3. The first-order valence-corrected chi connectivity index (χ1v) is 10.9. The Morgan fingerprint density at radius 2 is 1.65 bits per heavy atom. The number of carbonyl (C=O) groups is 1. The van der Waals surface area contributed by atoms with E-state index < -0.39 is 0 Å². The van der Waals surface area contributed by atoms with E-state index in [4.69, 9.17) is 0 Å². The quantitative estimate of drug-likeness (QED) is 0.501. The standard InChI is InChI=1S/C25H29N5O/c31-24(30-23-8-3-5-21-6-4-14-29-25(21)23)18-27-16-20-11-9-19(10-12-20)15-26-17-22-7-1-2-13-28-22/h1-2,4,6-7,9-14,23,26-27H,3,5,8,15-18H2,(H,30,31). The second-order valence-electron chi connectivity index (χ2n) is 7.90. The summed E-state index contributed by atoms with van der Waals surface area (Å²) >= 11 is 0. The number of nitrogens with one attached hydrogen (secondary N) is 3. The lowest BCUT2D eigenvalue weighted by molar-refractivity contribution is -0.121. The van der Waals surface area contributed by atoms with Crippen molar-refractivity contribution in [3.05, 3.63) is 95.1 Å². The van der Waals surface area contributed by atoms with Gasteiger partial charge in [0.15, 0.2) is 0 Å². The Labute approximate surface area is 183 Å². The molecule has 160 valence electrons. The van der Waals surface area contributed by atoms with Crippen LogP contribution in [-0.4, -0.2) is 22.4 Å². The van der Waals surface area contributed by atoms with Gasteiger partial charge in [0.1, 0.15) is 0 Å². The van der Waals surface area contributed by atoms with Crippen LogP contribution in [0.25, 0.3) is 0 Å². The van der Waals surface area contributed by atoms with E-state index in [2.05, 4.69) is 56.3 Å². The molecule has 1 amide bonds. The Bertz CT molecular complexity index is 975. The molecule has 0 saturated carbocycles. The van der Waals surface area contributed by atoms with Crippen LogP contribution in [0.4, 0.5) is 0 Å². The maximum atomic E-state index is 12.4. The second kappa shape index (κ2) is 10.8. The topological polar surface area (TPSA) is 78.9 Å². The molecular weight excluding hydrogens is 386 g/mol. The van der Waals surface area contributed by atoms with Crippen LogP contribution in [0, 0.1) is 0 Å². The first kappa shape index (κ1) is 21.2. The minimum atomic E-state index is 0.0128. The number of aryl methyl sites for hydroxylation is 1. The summed E-state index contributed by atoms with van der Waals surface area (Å²) in [6, 6.07) is 18.5. The number of fused-ring (bicyclic) bond motifs is 1. The van der Waals surface area contributed by atoms with E-state index in [0.29, 0.717) is 13.1 Å². The van der Waals surface area contributed by atoms with E-state index in [-0.39, 0.29) is 11.9 Å².